The van der Waals surface area contributed by atoms with Crippen LogP contribution in [0.3, 0.4) is 0 Å². The predicted octanol–water partition coefficient (Wildman–Crippen LogP) is 1.84. The van der Waals surface area contributed by atoms with Gasteiger partial charge in [-0.1, -0.05) is 6.42 Å². The minimum absolute atomic E-state index is 0.0377. The molecule has 2 aliphatic rings. The molecular formula is C19H24FN3O4. The molecule has 1 saturated carbocycles. The van der Waals surface area contributed by atoms with Gasteiger partial charge in [-0.2, -0.15) is 0 Å². The summed E-state index contributed by atoms with van der Waals surface area (Å²) in [6.07, 6.45) is 2.93. The molecule has 1 aliphatic carbocycles. The Kier molecular flexibility index (Phi) is 5.62. The molecule has 1 saturated heterocycles. The van der Waals surface area contributed by atoms with E-state index in [0.29, 0.717) is 38.0 Å². The van der Waals surface area contributed by atoms with Gasteiger partial charge in [0.05, 0.1) is 5.41 Å². The molecule has 27 heavy (non-hydrogen) atoms. The molecule has 146 valence electrons. The minimum atomic E-state index is -0.802. The number of aliphatic carboxylic acids is 1. The number of benzene rings is 1. The monoisotopic (exact) mass is 377 g/mol. The molecule has 0 unspecified atom stereocenters. The molecule has 0 spiro atoms. The van der Waals surface area contributed by atoms with Gasteiger partial charge in [-0.3, -0.25) is 9.59 Å². The number of nitrogens with zero attached hydrogens (tertiary/aromatic N) is 1. The van der Waals surface area contributed by atoms with E-state index in [9.17, 15) is 23.9 Å². The summed E-state index contributed by atoms with van der Waals surface area (Å²) in [5.74, 6) is -1.46. The predicted molar refractivity (Wildman–Crippen MR) is 95.7 cm³/mol. The number of urea groups is 1. The highest BCUT2D eigenvalue weighted by molar-refractivity contribution is 5.94. The Morgan fingerprint density at radius 2 is 1.89 bits per heavy atom. The summed E-state index contributed by atoms with van der Waals surface area (Å²) >= 11 is 0. The Labute approximate surface area is 156 Å². The molecule has 1 aliphatic heterocycles. The number of nitrogens with one attached hydrogen (secondary N) is 2. The Morgan fingerprint density at radius 3 is 2.56 bits per heavy atom. The highest BCUT2D eigenvalue weighted by atomic mass is 19.1. The molecule has 0 radical (unpaired) electrons. The summed E-state index contributed by atoms with van der Waals surface area (Å²) in [6, 6.07) is 5.02. The van der Waals surface area contributed by atoms with Crippen LogP contribution in [0.2, 0.25) is 0 Å². The first-order valence-corrected chi connectivity index (χ1v) is 9.22. The maximum absolute atomic E-state index is 12.8. The molecule has 0 bridgehead atoms. The molecule has 3 amide bonds. The van der Waals surface area contributed by atoms with E-state index in [0.717, 1.165) is 12.8 Å². The van der Waals surface area contributed by atoms with Crippen LogP contribution in [0.5, 0.6) is 0 Å². The van der Waals surface area contributed by atoms with Gasteiger partial charge in [0, 0.05) is 31.7 Å². The Balaban J connectivity index is 1.37. The summed E-state index contributed by atoms with van der Waals surface area (Å²) in [5, 5.41) is 15.1. The lowest BCUT2D eigenvalue weighted by atomic mass is 9.81. The second-order valence-corrected chi connectivity index (χ2v) is 7.28. The lowest BCUT2D eigenvalue weighted by Gasteiger charge is -2.23. The maximum Gasteiger partial charge on any atom is 0.317 e. The molecule has 1 heterocycles. The van der Waals surface area contributed by atoms with E-state index in [4.69, 9.17) is 0 Å². The topological polar surface area (TPSA) is 98.7 Å². The lowest BCUT2D eigenvalue weighted by Crippen LogP contribution is -2.42. The molecule has 8 heteroatoms. The molecule has 1 aromatic rings. The third-order valence-corrected chi connectivity index (χ3v) is 5.61. The van der Waals surface area contributed by atoms with Crippen molar-refractivity contribution in [3.63, 3.8) is 0 Å². The summed E-state index contributed by atoms with van der Waals surface area (Å²) in [5.41, 5.74) is -0.400. The molecule has 3 N–H and O–H groups in total. The molecule has 1 aromatic carbocycles. The van der Waals surface area contributed by atoms with Crippen molar-refractivity contribution in [1.29, 1.82) is 0 Å². The highest BCUT2D eigenvalue weighted by Crippen LogP contribution is 2.48. The SMILES string of the molecule is O=C(NCCCNC(=O)N1C[C@@H]2CCC[C@@]2(C(=O)O)C1)c1ccc(F)cc1. The number of rotatable bonds is 6. The average molecular weight is 377 g/mol. The quantitative estimate of drug-likeness (QED) is 0.659. The first-order valence-electron chi connectivity index (χ1n) is 9.22. The van der Waals surface area contributed by atoms with Crippen molar-refractivity contribution in [2.24, 2.45) is 11.3 Å². The van der Waals surface area contributed by atoms with Gasteiger partial charge >= 0.3 is 12.0 Å². The number of carboxylic acid groups (broad SMARTS) is 1. The van der Waals surface area contributed by atoms with E-state index < -0.39 is 17.2 Å². The van der Waals surface area contributed by atoms with E-state index in [2.05, 4.69) is 10.6 Å². The maximum atomic E-state index is 12.8. The Hall–Kier alpha value is -2.64. The third-order valence-electron chi connectivity index (χ3n) is 5.61. The van der Waals surface area contributed by atoms with Crippen molar-refractivity contribution in [2.75, 3.05) is 26.2 Å². The Morgan fingerprint density at radius 1 is 1.19 bits per heavy atom. The van der Waals surface area contributed by atoms with Crippen LogP contribution in [0.25, 0.3) is 0 Å². The van der Waals surface area contributed by atoms with Crippen LogP contribution in [0.15, 0.2) is 24.3 Å². The zero-order valence-corrected chi connectivity index (χ0v) is 15.0. The summed E-state index contributed by atoms with van der Waals surface area (Å²) in [6.45, 7) is 1.50. The van der Waals surface area contributed by atoms with E-state index >= 15 is 0 Å². The van der Waals surface area contributed by atoms with Crippen LogP contribution in [0, 0.1) is 17.2 Å². The smallest absolute Gasteiger partial charge is 0.317 e. The fraction of sp³-hybridized carbons (Fsp3) is 0.526. The second-order valence-electron chi connectivity index (χ2n) is 7.28. The van der Waals surface area contributed by atoms with Gasteiger partial charge in [-0.25, -0.2) is 9.18 Å². The van der Waals surface area contributed by atoms with Gasteiger partial charge in [0.1, 0.15) is 5.82 Å². The van der Waals surface area contributed by atoms with Gasteiger partial charge < -0.3 is 20.6 Å². The Bertz CT molecular complexity index is 724. The number of carbonyl (C=O) groups excluding carboxylic acids is 2. The molecular weight excluding hydrogens is 353 g/mol. The van der Waals surface area contributed by atoms with Crippen LogP contribution in [-0.2, 0) is 4.79 Å². The highest BCUT2D eigenvalue weighted by Gasteiger charge is 2.55. The van der Waals surface area contributed by atoms with Crippen molar-refractivity contribution in [3.8, 4) is 0 Å². The fourth-order valence-electron chi connectivity index (χ4n) is 4.09. The van der Waals surface area contributed by atoms with Gasteiger partial charge in [-0.05, 0) is 49.4 Å². The first kappa shape index (κ1) is 19.1. The minimum Gasteiger partial charge on any atom is -0.481 e. The number of hydrogen-bond acceptors (Lipinski definition) is 3. The fourth-order valence-corrected chi connectivity index (χ4v) is 4.09. The molecule has 3 rings (SSSR count). The van der Waals surface area contributed by atoms with Crippen molar-refractivity contribution in [1.82, 2.24) is 15.5 Å². The normalized spacial score (nSPS) is 23.7. The van der Waals surface area contributed by atoms with Crippen molar-refractivity contribution < 1.29 is 23.9 Å². The number of amides is 3. The number of carboxylic acids is 1. The average Bonchev–Trinajstić information content (AvgIpc) is 3.20. The summed E-state index contributed by atoms with van der Waals surface area (Å²) in [7, 11) is 0. The standard InChI is InChI=1S/C19H24FN3O4/c20-15-6-4-13(5-7-15)16(24)21-9-2-10-22-18(27)23-11-14-3-1-8-19(14,12-23)17(25)26/h4-7,14H,1-3,8-12H2,(H,21,24)(H,22,27)(H,25,26)/t14-,19+/m0/s1. The molecule has 7 nitrogen and oxygen atoms in total. The van der Waals surface area contributed by atoms with E-state index in [-0.39, 0.29) is 24.4 Å². The third kappa shape index (κ3) is 4.04. The lowest BCUT2D eigenvalue weighted by molar-refractivity contribution is -0.149. The van der Waals surface area contributed by atoms with Gasteiger partial charge in [0.2, 0.25) is 0 Å². The number of halogens is 1. The molecule has 2 atom stereocenters. The van der Waals surface area contributed by atoms with Gasteiger partial charge in [0.25, 0.3) is 5.91 Å². The largest absolute Gasteiger partial charge is 0.481 e. The zero-order chi connectivity index (χ0) is 19.4. The van der Waals surface area contributed by atoms with Crippen LogP contribution in [-0.4, -0.2) is 54.1 Å². The van der Waals surface area contributed by atoms with Crippen molar-refractivity contribution in [3.05, 3.63) is 35.6 Å². The summed E-state index contributed by atoms with van der Waals surface area (Å²) in [4.78, 5) is 37.4. The number of fused-ring (bicyclic) bond motifs is 1. The molecule has 2 fully saturated rings. The van der Waals surface area contributed by atoms with E-state index in [1.165, 1.54) is 24.3 Å². The van der Waals surface area contributed by atoms with Crippen LogP contribution in [0.1, 0.15) is 36.0 Å². The van der Waals surface area contributed by atoms with E-state index in [1.54, 1.807) is 4.90 Å². The first-order chi connectivity index (χ1) is 12.9. The van der Waals surface area contributed by atoms with E-state index in [1.807, 2.05) is 0 Å². The van der Waals surface area contributed by atoms with Crippen molar-refractivity contribution >= 4 is 17.9 Å². The van der Waals surface area contributed by atoms with Gasteiger partial charge in [-0.15, -0.1) is 0 Å². The second kappa shape index (κ2) is 7.94. The summed E-state index contributed by atoms with van der Waals surface area (Å²) < 4.78 is 12.8. The zero-order valence-electron chi connectivity index (χ0n) is 15.0. The van der Waals surface area contributed by atoms with Gasteiger partial charge in [0.15, 0.2) is 0 Å². The number of hydrogen-bond donors (Lipinski definition) is 3. The molecule has 0 aromatic heterocycles. The van der Waals surface area contributed by atoms with Crippen LogP contribution >= 0.6 is 0 Å². The van der Waals surface area contributed by atoms with Crippen LogP contribution in [0.4, 0.5) is 9.18 Å². The van der Waals surface area contributed by atoms with Crippen LogP contribution < -0.4 is 10.6 Å². The van der Waals surface area contributed by atoms with Crippen molar-refractivity contribution in [2.45, 2.75) is 25.7 Å². The number of likely N-dealkylation sites (tertiary alicyclic amines) is 1. The number of carbonyl (C=O) groups is 3.